The van der Waals surface area contributed by atoms with Crippen LogP contribution >= 0.6 is 0 Å². The van der Waals surface area contributed by atoms with Crippen LogP contribution in [0.3, 0.4) is 0 Å². The zero-order valence-corrected chi connectivity index (χ0v) is 40.0. The lowest BCUT2D eigenvalue weighted by Crippen LogP contribution is -2.64. The lowest BCUT2D eigenvalue weighted by atomic mass is 9.96. The van der Waals surface area contributed by atoms with Crippen molar-refractivity contribution in [3.8, 4) is 0 Å². The maximum absolute atomic E-state index is 14.1. The van der Waals surface area contributed by atoms with Gasteiger partial charge in [0.1, 0.15) is 31.0 Å². The van der Waals surface area contributed by atoms with Crippen LogP contribution in [0.5, 0.6) is 0 Å². The minimum atomic E-state index is -1.60. The molecule has 73 heavy (non-hydrogen) atoms. The van der Waals surface area contributed by atoms with Gasteiger partial charge >= 0.3 is 29.8 Å². The van der Waals surface area contributed by atoms with Crippen molar-refractivity contribution in [2.45, 2.75) is 81.5 Å². The number of hydrogen-bond donors (Lipinski definition) is 0. The van der Waals surface area contributed by atoms with Crippen LogP contribution in [0, 0.1) is 0 Å². The number of ether oxygens (including phenoxy) is 11. The van der Waals surface area contributed by atoms with E-state index in [-0.39, 0.29) is 42.1 Å². The monoisotopic (exact) mass is 994 g/mol. The van der Waals surface area contributed by atoms with Crippen molar-refractivity contribution >= 4 is 29.8 Å². The van der Waals surface area contributed by atoms with Crippen molar-refractivity contribution in [3.63, 3.8) is 0 Å². The summed E-state index contributed by atoms with van der Waals surface area (Å²) in [5, 5.41) is 0. The molecule has 378 valence electrons. The molecule has 0 aromatic heterocycles. The van der Waals surface area contributed by atoms with Crippen LogP contribution in [0.1, 0.15) is 59.5 Å². The van der Waals surface area contributed by atoms with Crippen LogP contribution < -0.4 is 0 Å². The summed E-state index contributed by atoms with van der Waals surface area (Å²) in [6.45, 7) is 0.386. The second kappa shape index (κ2) is 25.7. The van der Waals surface area contributed by atoms with Crippen LogP contribution in [0.4, 0.5) is 0 Å². The van der Waals surface area contributed by atoms with Crippen molar-refractivity contribution in [1.82, 2.24) is 0 Å². The number of methoxy groups -OCH3 is 1. The number of hydrogen-bond acceptors (Lipinski definition) is 16. The fraction of sp³-hybridized carbons (Fsp3) is 0.281. The second-order valence-corrected chi connectivity index (χ2v) is 16.9. The summed E-state index contributed by atoms with van der Waals surface area (Å²) in [5.41, 5.74) is 2.32. The zero-order valence-electron chi connectivity index (χ0n) is 40.0. The molecule has 2 aliphatic heterocycles. The van der Waals surface area contributed by atoms with E-state index in [2.05, 4.69) is 0 Å². The molecule has 6 aromatic carbocycles. The normalized spacial score (nSPS) is 23.5. The van der Waals surface area contributed by atoms with Gasteiger partial charge in [-0.25, -0.2) is 19.2 Å². The molecular formula is C57H54O16. The lowest BCUT2D eigenvalue weighted by Gasteiger charge is -2.47. The Bertz CT molecular complexity index is 2700. The molecule has 6 aromatic rings. The molecule has 8 rings (SSSR count). The third-order valence-corrected chi connectivity index (χ3v) is 11.9. The molecule has 0 amide bonds. The summed E-state index contributed by atoms with van der Waals surface area (Å²) in [5.74, 6) is -3.87. The first-order valence-corrected chi connectivity index (χ1v) is 23.6. The Morgan fingerprint density at radius 3 is 1.21 bits per heavy atom. The summed E-state index contributed by atoms with van der Waals surface area (Å²) in [6.07, 6.45) is -13.7. The molecule has 0 saturated carbocycles. The lowest BCUT2D eigenvalue weighted by molar-refractivity contribution is -0.336. The first-order valence-electron chi connectivity index (χ1n) is 23.6. The van der Waals surface area contributed by atoms with E-state index < -0.39 is 97.9 Å². The van der Waals surface area contributed by atoms with E-state index in [0.717, 1.165) is 11.1 Å². The molecule has 0 radical (unpaired) electrons. The second-order valence-electron chi connectivity index (χ2n) is 16.9. The molecule has 0 spiro atoms. The van der Waals surface area contributed by atoms with Gasteiger partial charge in [-0.2, -0.15) is 0 Å². The molecule has 16 heteroatoms. The Morgan fingerprint density at radius 2 is 0.753 bits per heavy atom. The number of esters is 5. The Kier molecular flexibility index (Phi) is 18.2. The zero-order chi connectivity index (χ0) is 50.9. The SMILES string of the molecule is CO[C@H]1O[C@H](CO[C@@H]2O[C@H](COC(=O)c3ccccc3)[C@H](OCc3ccccc3)[C@H](OCc3ccccc3)[C@H]2OC(C)=O)[C@@H](OC(=O)c2ccccc2)[C@H](OC(=O)c2ccccc2)[C@H]1OC(=O)c1ccccc1. The molecular weight excluding hydrogens is 941 g/mol. The maximum atomic E-state index is 14.1. The minimum Gasteiger partial charge on any atom is -0.459 e. The fourth-order valence-electron chi connectivity index (χ4n) is 8.29. The standard InChI is InChI=1S/C57H54O16/c1-37(58)68-50-48(65-34-39-23-11-4-12-24-39)46(64-33-38-21-9-3-10-22-38)44(35-66-52(59)40-25-13-5-14-26-40)70-57(50)67-36-45-47(71-53(60)41-27-15-6-16-28-41)49(72-54(61)42-29-17-7-18-30-42)51(56(63-2)69-45)73-55(62)43-31-19-8-20-32-43/h3-32,44-51,56-57H,33-36H2,1-2H3/t44-,45-,46+,47-,48+,49+,50-,51-,56+,57-/m1/s1. The summed E-state index contributed by atoms with van der Waals surface area (Å²) in [4.78, 5) is 68.5. The van der Waals surface area contributed by atoms with Gasteiger partial charge in [-0.1, -0.05) is 133 Å². The molecule has 0 bridgehead atoms. The predicted molar refractivity (Wildman–Crippen MR) is 260 cm³/mol. The number of carbonyl (C=O) groups excluding carboxylic acids is 5. The molecule has 0 N–H and O–H groups in total. The summed E-state index contributed by atoms with van der Waals surface area (Å²) in [7, 11) is 1.30. The van der Waals surface area contributed by atoms with Gasteiger partial charge in [0.15, 0.2) is 37.0 Å². The first-order chi connectivity index (χ1) is 35.6. The van der Waals surface area contributed by atoms with Gasteiger partial charge in [0.25, 0.3) is 0 Å². The molecule has 0 unspecified atom stereocenters. The van der Waals surface area contributed by atoms with Gasteiger partial charge < -0.3 is 52.1 Å². The number of benzene rings is 6. The third-order valence-electron chi connectivity index (χ3n) is 11.9. The van der Waals surface area contributed by atoms with E-state index in [1.807, 2.05) is 60.7 Å². The van der Waals surface area contributed by atoms with Gasteiger partial charge in [0.2, 0.25) is 0 Å². The van der Waals surface area contributed by atoms with E-state index in [1.54, 1.807) is 84.9 Å². The van der Waals surface area contributed by atoms with E-state index in [4.69, 9.17) is 52.1 Å². The summed E-state index contributed by atoms with van der Waals surface area (Å²) in [6, 6.07) is 51.2. The Labute approximate surface area is 421 Å². The van der Waals surface area contributed by atoms with Gasteiger partial charge in [-0.3, -0.25) is 4.79 Å². The molecule has 10 atom stereocenters. The Hall–Kier alpha value is -7.57. The van der Waals surface area contributed by atoms with Crippen molar-refractivity contribution < 1.29 is 76.1 Å². The minimum absolute atomic E-state index is 0.0219. The topological polar surface area (TPSA) is 187 Å². The van der Waals surface area contributed by atoms with Crippen molar-refractivity contribution in [3.05, 3.63) is 215 Å². The largest absolute Gasteiger partial charge is 0.459 e. The van der Waals surface area contributed by atoms with Gasteiger partial charge in [-0.05, 0) is 59.7 Å². The highest BCUT2D eigenvalue weighted by molar-refractivity contribution is 5.91. The molecule has 2 heterocycles. The third kappa shape index (κ3) is 13.9. The quantitative estimate of drug-likeness (QED) is 0.0534. The van der Waals surface area contributed by atoms with Gasteiger partial charge in [-0.15, -0.1) is 0 Å². The van der Waals surface area contributed by atoms with Crippen LogP contribution in [0.25, 0.3) is 0 Å². The Balaban J connectivity index is 1.16. The highest BCUT2D eigenvalue weighted by atomic mass is 16.8. The molecule has 16 nitrogen and oxygen atoms in total. The number of carbonyl (C=O) groups is 5. The molecule has 2 saturated heterocycles. The van der Waals surface area contributed by atoms with Crippen LogP contribution in [0.2, 0.25) is 0 Å². The first kappa shape index (κ1) is 51.8. The van der Waals surface area contributed by atoms with Crippen LogP contribution in [-0.2, 0) is 70.1 Å². The van der Waals surface area contributed by atoms with Crippen LogP contribution in [-0.4, -0.2) is 112 Å². The molecule has 2 fully saturated rings. The predicted octanol–water partition coefficient (Wildman–Crippen LogP) is 7.74. The average molecular weight is 995 g/mol. The van der Waals surface area contributed by atoms with Crippen molar-refractivity contribution in [1.29, 1.82) is 0 Å². The summed E-state index contributed by atoms with van der Waals surface area (Å²) >= 11 is 0. The summed E-state index contributed by atoms with van der Waals surface area (Å²) < 4.78 is 69.0. The number of rotatable bonds is 20. The highest BCUT2D eigenvalue weighted by Crippen LogP contribution is 2.35. The maximum Gasteiger partial charge on any atom is 0.338 e. The van der Waals surface area contributed by atoms with E-state index in [9.17, 15) is 24.0 Å². The van der Waals surface area contributed by atoms with E-state index in [0.29, 0.717) is 0 Å². The van der Waals surface area contributed by atoms with E-state index >= 15 is 0 Å². The van der Waals surface area contributed by atoms with Crippen molar-refractivity contribution in [2.75, 3.05) is 20.3 Å². The van der Waals surface area contributed by atoms with Gasteiger partial charge in [0.05, 0.1) is 42.1 Å². The average Bonchev–Trinajstić information content (AvgIpc) is 3.43. The smallest absolute Gasteiger partial charge is 0.338 e. The highest BCUT2D eigenvalue weighted by Gasteiger charge is 2.55. The van der Waals surface area contributed by atoms with Gasteiger partial charge in [0, 0.05) is 14.0 Å². The van der Waals surface area contributed by atoms with Crippen LogP contribution in [0.15, 0.2) is 182 Å². The van der Waals surface area contributed by atoms with E-state index in [1.165, 1.54) is 50.4 Å². The molecule has 0 aliphatic carbocycles. The fourth-order valence-corrected chi connectivity index (χ4v) is 8.29. The Morgan fingerprint density at radius 1 is 0.384 bits per heavy atom. The molecule has 2 aliphatic rings. The van der Waals surface area contributed by atoms with Crippen molar-refractivity contribution in [2.24, 2.45) is 0 Å².